The van der Waals surface area contributed by atoms with Crippen LogP contribution in [-0.2, 0) is 23.1 Å². The molecule has 8 heteroatoms. The van der Waals surface area contributed by atoms with Gasteiger partial charge in [0.25, 0.3) is 0 Å². The second kappa shape index (κ2) is 26.6. The van der Waals surface area contributed by atoms with Crippen LogP contribution in [0.5, 0.6) is 0 Å². The largest absolute Gasteiger partial charge is 0.472 e. The summed E-state index contributed by atoms with van der Waals surface area (Å²) in [4.78, 5) is 9.98. The van der Waals surface area contributed by atoms with E-state index in [4.69, 9.17) is 18.5 Å². The van der Waals surface area contributed by atoms with E-state index in [-0.39, 0.29) is 19.8 Å². The van der Waals surface area contributed by atoms with Crippen LogP contribution in [0.2, 0.25) is 0 Å². The van der Waals surface area contributed by atoms with Crippen LogP contribution in [0, 0.1) is 0 Å². The van der Waals surface area contributed by atoms with E-state index in [9.17, 15) is 9.46 Å². The highest BCUT2D eigenvalue weighted by molar-refractivity contribution is 7.47. The summed E-state index contributed by atoms with van der Waals surface area (Å²) in [6, 6.07) is 0. The molecular formula is C31H65NO6P+. The number of unbranched alkanes of at least 4 members (excludes halogenated alkanes) is 16. The molecule has 0 amide bonds. The first kappa shape index (κ1) is 38.7. The van der Waals surface area contributed by atoms with Crippen molar-refractivity contribution in [3.05, 3.63) is 12.2 Å². The van der Waals surface area contributed by atoms with Crippen LogP contribution in [-0.4, -0.2) is 76.7 Å². The maximum absolute atomic E-state index is 12.2. The Labute approximate surface area is 242 Å². The van der Waals surface area contributed by atoms with Crippen molar-refractivity contribution in [1.82, 2.24) is 0 Å². The lowest BCUT2D eigenvalue weighted by molar-refractivity contribution is -0.870. The maximum atomic E-state index is 12.2. The van der Waals surface area contributed by atoms with Gasteiger partial charge in [-0.05, 0) is 32.1 Å². The first-order valence-electron chi connectivity index (χ1n) is 15.9. The first-order valence-corrected chi connectivity index (χ1v) is 17.4. The normalized spacial score (nSPS) is 14.7. The number of rotatable bonds is 30. The number of ether oxygens (including phenoxy) is 2. The Morgan fingerprint density at radius 1 is 0.718 bits per heavy atom. The Hall–Kier alpha value is -0.270. The van der Waals surface area contributed by atoms with Crippen molar-refractivity contribution < 1.29 is 32.5 Å². The van der Waals surface area contributed by atoms with Gasteiger partial charge >= 0.3 is 7.82 Å². The average Bonchev–Trinajstić information content (AvgIpc) is 2.86. The van der Waals surface area contributed by atoms with E-state index >= 15 is 0 Å². The third kappa shape index (κ3) is 30.5. The first-order chi connectivity index (χ1) is 18.7. The zero-order valence-electron chi connectivity index (χ0n) is 26.4. The Balaban J connectivity index is 3.55. The fourth-order valence-corrected chi connectivity index (χ4v) is 5.19. The van der Waals surface area contributed by atoms with Gasteiger partial charge in [0, 0.05) is 13.7 Å². The Morgan fingerprint density at radius 3 is 1.69 bits per heavy atom. The molecule has 1 unspecified atom stereocenters. The smallest absolute Gasteiger partial charge is 0.382 e. The SMILES string of the molecule is CCCCCCCC/C=C\CCCCCCCCCCCCOC[C@H](COC)OP(=O)(O)OCC[N+](C)(C)C. The summed E-state index contributed by atoms with van der Waals surface area (Å²) in [6.07, 6.45) is 27.7. The second-order valence-electron chi connectivity index (χ2n) is 11.9. The minimum absolute atomic E-state index is 0.148. The summed E-state index contributed by atoms with van der Waals surface area (Å²) < 4.78 is 34.0. The predicted octanol–water partition coefficient (Wildman–Crippen LogP) is 8.46. The molecule has 234 valence electrons. The van der Waals surface area contributed by atoms with E-state index in [0.29, 0.717) is 17.6 Å². The second-order valence-corrected chi connectivity index (χ2v) is 13.3. The van der Waals surface area contributed by atoms with Crippen LogP contribution in [0.25, 0.3) is 0 Å². The molecule has 0 aliphatic heterocycles. The quantitative estimate of drug-likeness (QED) is 0.0399. The Kier molecular flexibility index (Phi) is 26.4. The van der Waals surface area contributed by atoms with E-state index in [0.717, 1.165) is 12.8 Å². The number of phosphoric acid groups is 1. The highest BCUT2D eigenvalue weighted by atomic mass is 31.2. The lowest BCUT2D eigenvalue weighted by Gasteiger charge is -2.25. The van der Waals surface area contributed by atoms with E-state index in [1.807, 2.05) is 21.1 Å². The fraction of sp³-hybridized carbons (Fsp3) is 0.935. The average molecular weight is 579 g/mol. The minimum atomic E-state index is -4.14. The molecule has 0 aromatic heterocycles. The number of nitrogens with zero attached hydrogens (tertiary/aromatic N) is 1. The monoisotopic (exact) mass is 578 g/mol. The molecule has 0 bridgehead atoms. The molecule has 0 spiro atoms. The molecule has 2 atom stereocenters. The molecule has 0 rings (SSSR count). The van der Waals surface area contributed by atoms with Gasteiger partial charge in [0.15, 0.2) is 0 Å². The summed E-state index contributed by atoms with van der Waals surface area (Å²) in [5.41, 5.74) is 0. The lowest BCUT2D eigenvalue weighted by atomic mass is 10.1. The van der Waals surface area contributed by atoms with Gasteiger partial charge in [-0.15, -0.1) is 0 Å². The number of methoxy groups -OCH3 is 1. The summed E-state index contributed by atoms with van der Waals surface area (Å²) in [6.45, 7) is 4.04. The molecule has 39 heavy (non-hydrogen) atoms. The van der Waals surface area contributed by atoms with Crippen LogP contribution in [0.3, 0.4) is 0 Å². The molecule has 0 aromatic carbocycles. The van der Waals surface area contributed by atoms with E-state index < -0.39 is 13.9 Å². The number of phosphoric ester groups is 1. The Bertz CT molecular complexity index is 596. The van der Waals surface area contributed by atoms with Crippen LogP contribution in [0.15, 0.2) is 12.2 Å². The minimum Gasteiger partial charge on any atom is -0.382 e. The molecule has 0 radical (unpaired) electrons. The summed E-state index contributed by atoms with van der Waals surface area (Å²) in [5, 5.41) is 0. The van der Waals surface area contributed by atoms with Gasteiger partial charge in [0.1, 0.15) is 19.3 Å². The number of allylic oxidation sites excluding steroid dienone is 2. The van der Waals surface area contributed by atoms with Crippen LogP contribution >= 0.6 is 7.82 Å². The molecule has 0 saturated carbocycles. The molecule has 0 fully saturated rings. The van der Waals surface area contributed by atoms with E-state index in [2.05, 4.69) is 19.1 Å². The van der Waals surface area contributed by atoms with Crippen molar-refractivity contribution >= 4 is 7.82 Å². The molecule has 7 nitrogen and oxygen atoms in total. The Morgan fingerprint density at radius 2 is 1.21 bits per heavy atom. The fourth-order valence-electron chi connectivity index (χ4n) is 4.32. The van der Waals surface area contributed by atoms with Crippen molar-refractivity contribution in [3.8, 4) is 0 Å². The van der Waals surface area contributed by atoms with E-state index in [1.165, 1.54) is 110 Å². The van der Waals surface area contributed by atoms with Crippen LogP contribution in [0.4, 0.5) is 0 Å². The molecule has 0 aliphatic carbocycles. The van der Waals surface area contributed by atoms with Gasteiger partial charge < -0.3 is 18.9 Å². The van der Waals surface area contributed by atoms with Gasteiger partial charge in [0.05, 0.1) is 34.4 Å². The highest BCUT2D eigenvalue weighted by Gasteiger charge is 2.27. The molecule has 0 heterocycles. The third-order valence-corrected chi connectivity index (χ3v) is 7.83. The molecule has 1 N–H and O–H groups in total. The molecule has 0 saturated heterocycles. The topological polar surface area (TPSA) is 74.2 Å². The van der Waals surface area contributed by atoms with Crippen molar-refractivity contribution in [2.45, 2.75) is 129 Å². The molecule has 0 aromatic rings. The van der Waals surface area contributed by atoms with Gasteiger partial charge in [-0.25, -0.2) is 4.57 Å². The zero-order chi connectivity index (χ0) is 29.1. The number of likely N-dealkylation sites (N-methyl/N-ethyl adjacent to an activating group) is 1. The summed E-state index contributed by atoms with van der Waals surface area (Å²) >= 11 is 0. The highest BCUT2D eigenvalue weighted by Crippen LogP contribution is 2.44. The lowest BCUT2D eigenvalue weighted by Crippen LogP contribution is -2.37. The van der Waals surface area contributed by atoms with Crippen LogP contribution < -0.4 is 0 Å². The number of quaternary nitrogens is 1. The van der Waals surface area contributed by atoms with Crippen molar-refractivity contribution in [2.75, 3.05) is 61.2 Å². The molecule has 0 aliphatic rings. The van der Waals surface area contributed by atoms with Crippen molar-refractivity contribution in [1.29, 1.82) is 0 Å². The van der Waals surface area contributed by atoms with Gasteiger partial charge in [-0.2, -0.15) is 0 Å². The van der Waals surface area contributed by atoms with Crippen molar-refractivity contribution in [3.63, 3.8) is 0 Å². The maximum Gasteiger partial charge on any atom is 0.472 e. The zero-order valence-corrected chi connectivity index (χ0v) is 27.3. The van der Waals surface area contributed by atoms with E-state index in [1.54, 1.807) is 0 Å². The number of hydrogen-bond donors (Lipinski definition) is 1. The summed E-state index contributed by atoms with van der Waals surface area (Å²) in [7, 11) is 3.38. The van der Waals surface area contributed by atoms with Crippen molar-refractivity contribution in [2.24, 2.45) is 0 Å². The molecular weight excluding hydrogens is 513 g/mol. The van der Waals surface area contributed by atoms with Gasteiger partial charge in [-0.1, -0.05) is 103 Å². The van der Waals surface area contributed by atoms with Gasteiger partial charge in [0.2, 0.25) is 0 Å². The standard InChI is InChI=1S/C31H64NO6P/c1-6-7-8-9-10-11-12-13-14-15-16-17-18-19-20-21-22-23-24-25-27-36-30-31(29-35-5)38-39(33,34)37-28-26-32(2,3)4/h13-14,31H,6-12,15-30H2,1-5H3/p+1/b14-13-/t31-/m0/s1. The number of hydrogen-bond acceptors (Lipinski definition) is 5. The van der Waals surface area contributed by atoms with Crippen LogP contribution in [0.1, 0.15) is 122 Å². The third-order valence-electron chi connectivity index (χ3n) is 6.76. The summed E-state index contributed by atoms with van der Waals surface area (Å²) in [5.74, 6) is 0. The predicted molar refractivity (Wildman–Crippen MR) is 164 cm³/mol. The van der Waals surface area contributed by atoms with Gasteiger partial charge in [-0.3, -0.25) is 9.05 Å².